The van der Waals surface area contributed by atoms with E-state index in [9.17, 15) is 14.7 Å². The van der Waals surface area contributed by atoms with Crippen LogP contribution in [0.3, 0.4) is 0 Å². The normalized spacial score (nSPS) is 12.2. The van der Waals surface area contributed by atoms with Crippen LogP contribution in [-0.2, 0) is 27.2 Å². The minimum atomic E-state index is -0.931. The summed E-state index contributed by atoms with van der Waals surface area (Å²) in [5.41, 5.74) is 0.519. The van der Waals surface area contributed by atoms with E-state index in [1.807, 2.05) is 31.2 Å². The van der Waals surface area contributed by atoms with Crippen molar-refractivity contribution in [1.29, 1.82) is 0 Å². The molecular weight excluding hydrogens is 414 g/mol. The van der Waals surface area contributed by atoms with Crippen LogP contribution in [-0.4, -0.2) is 36.5 Å². The smallest absolute Gasteiger partial charge is 0.332 e. The van der Waals surface area contributed by atoms with Gasteiger partial charge in [-0.05, 0) is 36.8 Å². The molecule has 32 heavy (non-hydrogen) atoms. The number of imidazole rings is 1. The van der Waals surface area contributed by atoms with Crippen molar-refractivity contribution < 1.29 is 14.3 Å². The molecule has 0 aliphatic rings. The number of aryl methyl sites for hydroxylation is 2. The Morgan fingerprint density at radius 1 is 1.19 bits per heavy atom. The van der Waals surface area contributed by atoms with Crippen molar-refractivity contribution in [3.8, 4) is 5.75 Å². The zero-order valence-electron chi connectivity index (χ0n) is 18.1. The van der Waals surface area contributed by atoms with E-state index in [0.717, 1.165) is 10.1 Å². The summed E-state index contributed by atoms with van der Waals surface area (Å²) in [4.78, 5) is 29.7. The number of aliphatic hydroxyl groups is 1. The summed E-state index contributed by atoms with van der Waals surface area (Å²) in [6.07, 6.45) is 0.630. The van der Waals surface area contributed by atoms with Gasteiger partial charge < -0.3 is 24.1 Å². The van der Waals surface area contributed by atoms with Crippen molar-refractivity contribution in [2.75, 3.05) is 11.9 Å². The second kappa shape index (κ2) is 8.75. The summed E-state index contributed by atoms with van der Waals surface area (Å²) >= 11 is 0. The minimum Gasteiger partial charge on any atom is -0.491 e. The van der Waals surface area contributed by atoms with Crippen molar-refractivity contribution in [3.63, 3.8) is 0 Å². The number of nitrogens with one attached hydrogen (secondary N) is 1. The highest BCUT2D eigenvalue weighted by Crippen LogP contribution is 2.18. The summed E-state index contributed by atoms with van der Waals surface area (Å²) in [7, 11) is 2.96. The number of nitrogens with zero attached hydrogens (tertiary/aromatic N) is 4. The van der Waals surface area contributed by atoms with E-state index in [4.69, 9.17) is 9.15 Å². The van der Waals surface area contributed by atoms with Gasteiger partial charge in [0.05, 0.1) is 19.4 Å². The van der Waals surface area contributed by atoms with Gasteiger partial charge in [-0.1, -0.05) is 12.1 Å². The lowest BCUT2D eigenvalue weighted by Gasteiger charge is -2.16. The molecule has 1 aromatic carbocycles. The first-order valence-electron chi connectivity index (χ1n) is 10.1. The molecule has 2 N–H and O–H groups in total. The fourth-order valence-electron chi connectivity index (χ4n) is 3.50. The maximum atomic E-state index is 12.9. The van der Waals surface area contributed by atoms with Crippen molar-refractivity contribution in [3.05, 3.63) is 74.8 Å². The molecule has 0 saturated heterocycles. The Morgan fingerprint density at radius 3 is 2.72 bits per heavy atom. The molecule has 0 fully saturated rings. The highest BCUT2D eigenvalue weighted by atomic mass is 16.5. The van der Waals surface area contributed by atoms with Crippen molar-refractivity contribution in [2.24, 2.45) is 14.1 Å². The Balaban J connectivity index is 1.66. The number of ether oxygens (including phenoxy) is 1. The molecule has 0 aliphatic heterocycles. The SMILES string of the molecule is Cc1cccc(OC[C@H](O)Cn2c(NCc3ccco3)nc3c2c(=O)n(C)c(=O)n3C)c1. The van der Waals surface area contributed by atoms with Crippen LogP contribution in [0.1, 0.15) is 11.3 Å². The maximum absolute atomic E-state index is 12.9. The van der Waals surface area contributed by atoms with Gasteiger partial charge in [0, 0.05) is 14.1 Å². The lowest BCUT2D eigenvalue weighted by Crippen LogP contribution is -2.38. The van der Waals surface area contributed by atoms with Gasteiger partial charge in [-0.3, -0.25) is 13.9 Å². The Morgan fingerprint density at radius 2 is 2.00 bits per heavy atom. The number of hydrogen-bond donors (Lipinski definition) is 2. The van der Waals surface area contributed by atoms with Gasteiger partial charge in [0.2, 0.25) is 5.95 Å². The molecule has 3 heterocycles. The number of furan rings is 1. The van der Waals surface area contributed by atoms with E-state index in [2.05, 4.69) is 10.3 Å². The molecule has 10 heteroatoms. The highest BCUT2D eigenvalue weighted by Gasteiger charge is 2.21. The van der Waals surface area contributed by atoms with Crippen molar-refractivity contribution in [1.82, 2.24) is 18.7 Å². The van der Waals surface area contributed by atoms with Crippen LogP contribution in [0.15, 0.2) is 56.7 Å². The molecule has 0 amide bonds. The summed E-state index contributed by atoms with van der Waals surface area (Å²) in [6, 6.07) is 11.1. The van der Waals surface area contributed by atoms with Crippen molar-refractivity contribution >= 4 is 17.1 Å². The van der Waals surface area contributed by atoms with E-state index in [-0.39, 0.29) is 24.3 Å². The quantitative estimate of drug-likeness (QED) is 0.426. The number of rotatable bonds is 8. The third-order valence-corrected chi connectivity index (χ3v) is 5.17. The average Bonchev–Trinajstić information content (AvgIpc) is 3.41. The summed E-state index contributed by atoms with van der Waals surface area (Å²) < 4.78 is 15.0. The Hall–Kier alpha value is -3.79. The zero-order chi connectivity index (χ0) is 22.8. The third kappa shape index (κ3) is 4.17. The van der Waals surface area contributed by atoms with E-state index >= 15 is 0 Å². The van der Waals surface area contributed by atoms with Gasteiger partial charge >= 0.3 is 5.69 Å². The van der Waals surface area contributed by atoms with Gasteiger partial charge in [-0.15, -0.1) is 0 Å². The predicted octanol–water partition coefficient (Wildman–Crippen LogP) is 1.39. The molecule has 0 spiro atoms. The number of fused-ring (bicyclic) bond motifs is 1. The molecule has 3 aromatic heterocycles. The fraction of sp³-hybridized carbons (Fsp3) is 0.318. The van der Waals surface area contributed by atoms with Gasteiger partial charge in [-0.25, -0.2) is 4.79 Å². The van der Waals surface area contributed by atoms with Crippen molar-refractivity contribution in [2.45, 2.75) is 26.1 Å². The number of aliphatic hydroxyl groups excluding tert-OH is 1. The molecule has 4 rings (SSSR count). The topological polar surface area (TPSA) is 116 Å². The van der Waals surface area contributed by atoms with Gasteiger partial charge in [0.25, 0.3) is 5.56 Å². The molecule has 0 aliphatic carbocycles. The summed E-state index contributed by atoms with van der Waals surface area (Å²) in [6.45, 7) is 2.33. The van der Waals surface area contributed by atoms with E-state index in [1.165, 1.54) is 11.6 Å². The Labute approximate surface area is 183 Å². The highest BCUT2D eigenvalue weighted by molar-refractivity contribution is 5.74. The van der Waals surface area contributed by atoms with Gasteiger partial charge in [-0.2, -0.15) is 4.98 Å². The van der Waals surface area contributed by atoms with Crippen LogP contribution < -0.4 is 21.3 Å². The molecular formula is C22H25N5O5. The zero-order valence-corrected chi connectivity index (χ0v) is 18.1. The molecule has 0 unspecified atom stereocenters. The fourth-order valence-corrected chi connectivity index (χ4v) is 3.50. The van der Waals surface area contributed by atoms with Crippen LogP contribution in [0.2, 0.25) is 0 Å². The largest absolute Gasteiger partial charge is 0.491 e. The van der Waals surface area contributed by atoms with Crippen LogP contribution in [0.25, 0.3) is 11.2 Å². The van der Waals surface area contributed by atoms with Crippen LogP contribution >= 0.6 is 0 Å². The van der Waals surface area contributed by atoms with E-state index in [1.54, 1.807) is 30.0 Å². The second-order valence-corrected chi connectivity index (χ2v) is 7.64. The number of aromatic nitrogens is 4. The molecule has 168 valence electrons. The number of benzene rings is 1. The monoisotopic (exact) mass is 439 g/mol. The van der Waals surface area contributed by atoms with Crippen LogP contribution in [0, 0.1) is 6.92 Å². The first-order valence-corrected chi connectivity index (χ1v) is 10.1. The predicted molar refractivity (Wildman–Crippen MR) is 119 cm³/mol. The minimum absolute atomic E-state index is 0.0207. The lowest BCUT2D eigenvalue weighted by molar-refractivity contribution is 0.0938. The molecule has 0 bridgehead atoms. The summed E-state index contributed by atoms with van der Waals surface area (Å²) in [5.74, 6) is 1.66. The average molecular weight is 439 g/mol. The molecule has 10 nitrogen and oxygen atoms in total. The van der Waals surface area contributed by atoms with Gasteiger partial charge in [0.15, 0.2) is 11.2 Å². The standard InChI is InChI=1S/C22H25N5O5/c1-14-6-4-7-16(10-14)32-13-15(28)12-27-18-19(25(2)22(30)26(3)20(18)29)24-21(27)23-11-17-8-5-9-31-17/h4-10,15,28H,11-13H2,1-3H3,(H,23,24)/t15-/m1/s1. The first kappa shape index (κ1) is 21.4. The molecule has 0 saturated carbocycles. The second-order valence-electron chi connectivity index (χ2n) is 7.64. The Bertz CT molecular complexity index is 1350. The molecule has 4 aromatic rings. The van der Waals surface area contributed by atoms with E-state index < -0.39 is 17.4 Å². The van der Waals surface area contributed by atoms with E-state index in [0.29, 0.717) is 24.0 Å². The summed E-state index contributed by atoms with van der Waals surface area (Å²) in [5, 5.41) is 13.8. The first-order chi connectivity index (χ1) is 15.3. The lowest BCUT2D eigenvalue weighted by atomic mass is 10.2. The van der Waals surface area contributed by atoms with Crippen LogP contribution in [0.4, 0.5) is 5.95 Å². The van der Waals surface area contributed by atoms with Crippen LogP contribution in [0.5, 0.6) is 5.75 Å². The number of hydrogen-bond acceptors (Lipinski definition) is 7. The number of anilines is 1. The molecule has 0 radical (unpaired) electrons. The maximum Gasteiger partial charge on any atom is 0.332 e. The molecule has 1 atom stereocenters. The van der Waals surface area contributed by atoms with Gasteiger partial charge in [0.1, 0.15) is 24.2 Å². The third-order valence-electron chi connectivity index (χ3n) is 5.17. The Kier molecular flexibility index (Phi) is 5.87.